The van der Waals surface area contributed by atoms with Gasteiger partial charge in [-0.25, -0.2) is 0 Å². The average Bonchev–Trinajstić information content (AvgIpc) is 2.75. The van der Waals surface area contributed by atoms with Gasteiger partial charge in [0.25, 0.3) is 0 Å². The lowest BCUT2D eigenvalue weighted by Gasteiger charge is -2.23. The first-order valence-electron chi connectivity index (χ1n) is 5.55. The molecule has 0 aromatic carbocycles. The van der Waals surface area contributed by atoms with E-state index in [4.69, 9.17) is 0 Å². The topological polar surface area (TPSA) is 49.3 Å². The fourth-order valence-electron chi connectivity index (χ4n) is 2.08. The molecular formula is C11H19NO2. The van der Waals surface area contributed by atoms with Crippen LogP contribution in [0.15, 0.2) is 0 Å². The highest BCUT2D eigenvalue weighted by Crippen LogP contribution is 2.45. The molecule has 0 aromatic heterocycles. The summed E-state index contributed by atoms with van der Waals surface area (Å²) in [5, 5.41) is 12.9. The number of amides is 1. The summed E-state index contributed by atoms with van der Waals surface area (Å²) < 4.78 is 0. The molecule has 0 heterocycles. The predicted molar refractivity (Wildman–Crippen MR) is 53.8 cm³/mol. The summed E-state index contributed by atoms with van der Waals surface area (Å²) >= 11 is 0. The van der Waals surface area contributed by atoms with Crippen molar-refractivity contribution in [3.63, 3.8) is 0 Å². The molecular weight excluding hydrogens is 178 g/mol. The quantitative estimate of drug-likeness (QED) is 0.714. The van der Waals surface area contributed by atoms with E-state index >= 15 is 0 Å². The molecule has 2 aliphatic rings. The Morgan fingerprint density at radius 1 is 1.29 bits per heavy atom. The highest BCUT2D eigenvalue weighted by Gasteiger charge is 2.45. The van der Waals surface area contributed by atoms with Crippen LogP contribution in [0.3, 0.4) is 0 Å². The second-order valence-electron chi connectivity index (χ2n) is 5.17. The van der Waals surface area contributed by atoms with Crippen LogP contribution in [0.1, 0.15) is 45.4 Å². The first kappa shape index (κ1) is 9.97. The van der Waals surface area contributed by atoms with Crippen molar-refractivity contribution >= 4 is 5.91 Å². The van der Waals surface area contributed by atoms with Crippen LogP contribution in [-0.2, 0) is 4.79 Å². The van der Waals surface area contributed by atoms with Crippen LogP contribution in [0.4, 0.5) is 0 Å². The number of hydrogen-bond acceptors (Lipinski definition) is 2. The van der Waals surface area contributed by atoms with Crippen LogP contribution in [0.2, 0.25) is 0 Å². The summed E-state index contributed by atoms with van der Waals surface area (Å²) in [4.78, 5) is 11.6. The highest BCUT2D eigenvalue weighted by molar-refractivity contribution is 5.84. The smallest absolute Gasteiger partial charge is 0.226 e. The van der Waals surface area contributed by atoms with Crippen molar-refractivity contribution in [3.05, 3.63) is 0 Å². The second-order valence-corrected chi connectivity index (χ2v) is 5.17. The van der Waals surface area contributed by atoms with Gasteiger partial charge in [0.2, 0.25) is 5.91 Å². The first-order valence-corrected chi connectivity index (χ1v) is 5.55. The van der Waals surface area contributed by atoms with E-state index in [0.29, 0.717) is 6.54 Å². The maximum Gasteiger partial charge on any atom is 0.226 e. The van der Waals surface area contributed by atoms with E-state index in [2.05, 4.69) is 5.32 Å². The van der Waals surface area contributed by atoms with Gasteiger partial charge in [0, 0.05) is 12.0 Å². The molecule has 0 radical (unpaired) electrons. The Morgan fingerprint density at radius 3 is 2.36 bits per heavy atom. The molecule has 2 rings (SSSR count). The Morgan fingerprint density at radius 2 is 1.86 bits per heavy atom. The van der Waals surface area contributed by atoms with Gasteiger partial charge in [0.1, 0.15) is 0 Å². The van der Waals surface area contributed by atoms with Crippen molar-refractivity contribution < 1.29 is 9.90 Å². The maximum atomic E-state index is 11.6. The van der Waals surface area contributed by atoms with Gasteiger partial charge in [-0.3, -0.25) is 4.79 Å². The van der Waals surface area contributed by atoms with Crippen molar-refractivity contribution in [2.45, 2.75) is 51.0 Å². The average molecular weight is 197 g/mol. The molecule has 2 N–H and O–H groups in total. The summed E-state index contributed by atoms with van der Waals surface area (Å²) in [5.74, 6) is 0.123. The summed E-state index contributed by atoms with van der Waals surface area (Å²) in [5.41, 5.74) is -0.726. The van der Waals surface area contributed by atoms with Crippen LogP contribution in [-0.4, -0.2) is 23.2 Å². The molecule has 0 saturated heterocycles. The van der Waals surface area contributed by atoms with Gasteiger partial charge >= 0.3 is 0 Å². The van der Waals surface area contributed by atoms with Gasteiger partial charge in [-0.1, -0.05) is 19.8 Å². The molecule has 2 fully saturated rings. The van der Waals surface area contributed by atoms with E-state index in [-0.39, 0.29) is 11.3 Å². The largest absolute Gasteiger partial charge is 0.388 e. The lowest BCUT2D eigenvalue weighted by atomic mass is 10.0. The number of rotatable bonds is 3. The molecule has 3 nitrogen and oxygen atoms in total. The third kappa shape index (κ3) is 1.92. The van der Waals surface area contributed by atoms with Crippen molar-refractivity contribution in [2.75, 3.05) is 6.54 Å². The van der Waals surface area contributed by atoms with Gasteiger partial charge in [0.05, 0.1) is 5.60 Å². The van der Waals surface area contributed by atoms with E-state index < -0.39 is 5.60 Å². The van der Waals surface area contributed by atoms with Gasteiger partial charge < -0.3 is 10.4 Å². The van der Waals surface area contributed by atoms with E-state index in [0.717, 1.165) is 38.5 Å². The first-order chi connectivity index (χ1) is 6.54. The zero-order valence-corrected chi connectivity index (χ0v) is 8.81. The molecule has 2 aliphatic carbocycles. The number of aliphatic hydroxyl groups is 1. The lowest BCUT2D eigenvalue weighted by Crippen LogP contribution is -2.43. The summed E-state index contributed by atoms with van der Waals surface area (Å²) in [6.45, 7) is 2.43. The molecule has 0 unspecified atom stereocenters. The molecule has 0 aromatic rings. The fraction of sp³-hybridized carbons (Fsp3) is 0.909. The third-order valence-electron chi connectivity index (χ3n) is 3.66. The Hall–Kier alpha value is -0.570. The van der Waals surface area contributed by atoms with Gasteiger partial charge in [-0.2, -0.15) is 0 Å². The minimum absolute atomic E-state index is 0.116. The molecule has 0 atom stereocenters. The fourth-order valence-corrected chi connectivity index (χ4v) is 2.08. The summed E-state index contributed by atoms with van der Waals surface area (Å²) in [6.07, 6.45) is 5.84. The summed E-state index contributed by atoms with van der Waals surface area (Å²) in [7, 11) is 0. The van der Waals surface area contributed by atoms with Crippen LogP contribution in [0.5, 0.6) is 0 Å². The van der Waals surface area contributed by atoms with Crippen molar-refractivity contribution in [2.24, 2.45) is 5.41 Å². The van der Waals surface area contributed by atoms with Gasteiger partial charge in [-0.05, 0) is 25.7 Å². The Labute approximate surface area is 84.9 Å². The van der Waals surface area contributed by atoms with Crippen LogP contribution < -0.4 is 5.32 Å². The highest BCUT2D eigenvalue weighted by atomic mass is 16.3. The third-order valence-corrected chi connectivity index (χ3v) is 3.66. The van der Waals surface area contributed by atoms with Crippen LogP contribution in [0, 0.1) is 5.41 Å². The van der Waals surface area contributed by atoms with Crippen LogP contribution in [0.25, 0.3) is 0 Å². The molecule has 0 bridgehead atoms. The van der Waals surface area contributed by atoms with E-state index in [9.17, 15) is 9.90 Å². The lowest BCUT2D eigenvalue weighted by molar-refractivity contribution is -0.126. The molecule has 3 heteroatoms. The van der Waals surface area contributed by atoms with Crippen molar-refractivity contribution in [1.82, 2.24) is 5.32 Å². The van der Waals surface area contributed by atoms with Crippen molar-refractivity contribution in [1.29, 1.82) is 0 Å². The predicted octanol–water partition coefficient (Wildman–Crippen LogP) is 1.21. The maximum absolute atomic E-state index is 11.6. The number of hydrogen-bond donors (Lipinski definition) is 2. The molecule has 80 valence electrons. The number of nitrogens with one attached hydrogen (secondary N) is 1. The SMILES string of the molecule is CC1(C(=O)NCC2(O)CCCC2)CC1. The minimum atomic E-state index is -0.610. The Kier molecular flexibility index (Phi) is 2.30. The van der Waals surface area contributed by atoms with E-state index in [1.54, 1.807) is 0 Å². The second kappa shape index (κ2) is 3.23. The van der Waals surface area contributed by atoms with Crippen molar-refractivity contribution in [3.8, 4) is 0 Å². The minimum Gasteiger partial charge on any atom is -0.388 e. The monoisotopic (exact) mass is 197 g/mol. The molecule has 0 aliphatic heterocycles. The number of carbonyl (C=O) groups excluding carboxylic acids is 1. The molecule has 0 spiro atoms. The summed E-state index contributed by atoms with van der Waals surface area (Å²) in [6, 6.07) is 0. The van der Waals surface area contributed by atoms with Gasteiger partial charge in [-0.15, -0.1) is 0 Å². The Bertz CT molecular complexity index is 240. The molecule has 2 saturated carbocycles. The zero-order valence-electron chi connectivity index (χ0n) is 8.81. The zero-order chi connectivity index (χ0) is 10.2. The standard InChI is InChI=1S/C11H19NO2/c1-10(6-7-10)9(13)12-8-11(14)4-2-3-5-11/h14H,2-8H2,1H3,(H,12,13). The van der Waals surface area contributed by atoms with Gasteiger partial charge in [0.15, 0.2) is 0 Å². The van der Waals surface area contributed by atoms with E-state index in [1.165, 1.54) is 0 Å². The molecule has 14 heavy (non-hydrogen) atoms. The normalized spacial score (nSPS) is 27.3. The van der Waals surface area contributed by atoms with E-state index in [1.807, 2.05) is 6.92 Å². The van der Waals surface area contributed by atoms with Crippen LogP contribution >= 0.6 is 0 Å². The Balaban J connectivity index is 1.79. The number of carbonyl (C=O) groups is 1. The molecule has 1 amide bonds.